The Bertz CT molecular complexity index is 688. The lowest BCUT2D eigenvalue weighted by Crippen LogP contribution is -2.16. The van der Waals surface area contributed by atoms with Gasteiger partial charge in [-0.2, -0.15) is 0 Å². The molecule has 0 saturated heterocycles. The molecule has 2 bridgehead atoms. The Morgan fingerprint density at radius 3 is 3.05 bits per heavy atom. The Balaban J connectivity index is 1.60. The van der Waals surface area contributed by atoms with Gasteiger partial charge in [-0.15, -0.1) is 0 Å². The minimum Gasteiger partial charge on any atom is -0.384 e. The molecular weight excluding hydrogens is 258 g/mol. The first-order chi connectivity index (χ1) is 10.4. The number of hydrogen-bond acceptors (Lipinski definition) is 2. The van der Waals surface area contributed by atoms with Crippen LogP contribution in [0.25, 0.3) is 11.3 Å². The van der Waals surface area contributed by atoms with E-state index in [9.17, 15) is 0 Å². The first-order valence-corrected chi connectivity index (χ1v) is 8.28. The molecule has 3 atom stereocenters. The van der Waals surface area contributed by atoms with E-state index >= 15 is 0 Å². The number of benzene rings is 1. The molecule has 1 aromatic heterocycles. The fourth-order valence-electron chi connectivity index (χ4n) is 4.88. The molecule has 2 heterocycles. The predicted molar refractivity (Wildman–Crippen MR) is 84.3 cm³/mol. The highest BCUT2D eigenvalue weighted by Crippen LogP contribution is 2.51. The normalized spacial score (nSPS) is 29.6. The van der Waals surface area contributed by atoms with E-state index < -0.39 is 0 Å². The van der Waals surface area contributed by atoms with Gasteiger partial charge < -0.3 is 9.88 Å². The number of rotatable bonds is 2. The number of nitrogens with zero attached hydrogens (tertiary/aromatic N) is 2. The average molecular weight is 279 g/mol. The molecule has 3 heteroatoms. The van der Waals surface area contributed by atoms with Crippen LogP contribution in [0.4, 0.5) is 5.69 Å². The quantitative estimate of drug-likeness (QED) is 0.904. The maximum atomic E-state index is 4.49. The van der Waals surface area contributed by atoms with Crippen molar-refractivity contribution in [2.75, 3.05) is 11.9 Å². The molecule has 0 radical (unpaired) electrons. The molecule has 5 rings (SSSR count). The highest BCUT2D eigenvalue weighted by molar-refractivity contribution is 5.80. The average Bonchev–Trinajstić information content (AvgIpc) is 3.27. The first kappa shape index (κ1) is 11.8. The predicted octanol–water partition coefficient (Wildman–Crippen LogP) is 3.88. The minimum absolute atomic E-state index is 0.679. The molecule has 2 aromatic rings. The lowest BCUT2D eigenvalue weighted by Gasteiger charge is -2.25. The van der Waals surface area contributed by atoms with Crippen molar-refractivity contribution in [1.82, 2.24) is 9.55 Å². The molecule has 108 valence electrons. The fourth-order valence-corrected chi connectivity index (χ4v) is 4.88. The van der Waals surface area contributed by atoms with E-state index in [-0.39, 0.29) is 0 Å². The number of fused-ring (bicyclic) bond motifs is 3. The summed E-state index contributed by atoms with van der Waals surface area (Å²) < 4.78 is 2.47. The second-order valence-electron chi connectivity index (χ2n) is 6.94. The van der Waals surface area contributed by atoms with Crippen LogP contribution in [-0.2, 0) is 6.42 Å². The summed E-state index contributed by atoms with van der Waals surface area (Å²) in [6.07, 6.45) is 10.9. The summed E-state index contributed by atoms with van der Waals surface area (Å²) >= 11 is 0. The molecule has 1 aliphatic heterocycles. The number of para-hydroxylation sites is 1. The maximum Gasteiger partial charge on any atom is 0.0953 e. The van der Waals surface area contributed by atoms with Crippen LogP contribution in [0.2, 0.25) is 0 Å². The number of imidazole rings is 1. The third kappa shape index (κ3) is 1.69. The summed E-state index contributed by atoms with van der Waals surface area (Å²) in [5.74, 6) is 1.85. The van der Waals surface area contributed by atoms with Gasteiger partial charge in [-0.1, -0.05) is 24.6 Å². The van der Waals surface area contributed by atoms with Crippen molar-refractivity contribution in [3.63, 3.8) is 0 Å². The highest BCUT2D eigenvalue weighted by atomic mass is 15.1. The lowest BCUT2D eigenvalue weighted by atomic mass is 9.94. The molecule has 0 spiro atoms. The number of aromatic nitrogens is 2. The largest absolute Gasteiger partial charge is 0.384 e. The topological polar surface area (TPSA) is 29.9 Å². The van der Waals surface area contributed by atoms with Gasteiger partial charge in [0.15, 0.2) is 0 Å². The third-order valence-electron chi connectivity index (χ3n) is 5.85. The van der Waals surface area contributed by atoms with Gasteiger partial charge in [0, 0.05) is 23.8 Å². The van der Waals surface area contributed by atoms with Crippen LogP contribution in [0.3, 0.4) is 0 Å². The maximum absolute atomic E-state index is 4.49. The Morgan fingerprint density at radius 2 is 2.19 bits per heavy atom. The summed E-state index contributed by atoms with van der Waals surface area (Å²) in [5.41, 5.74) is 5.43. The zero-order valence-corrected chi connectivity index (χ0v) is 12.3. The van der Waals surface area contributed by atoms with E-state index in [4.69, 9.17) is 0 Å². The van der Waals surface area contributed by atoms with E-state index in [1.54, 1.807) is 0 Å². The Morgan fingerprint density at radius 1 is 1.19 bits per heavy atom. The fraction of sp³-hybridized carbons (Fsp3) is 0.500. The number of anilines is 1. The standard InChI is InChI=1S/C18H21N3/c1-2-13-6-7-20-18(13)15(3-1)17-10-19-11-21(17)16-9-12-4-5-14(16)8-12/h1-3,10-12,14,16,20H,4-9H2. The van der Waals surface area contributed by atoms with Crippen LogP contribution < -0.4 is 5.32 Å². The zero-order chi connectivity index (χ0) is 13.8. The molecule has 21 heavy (non-hydrogen) atoms. The van der Waals surface area contributed by atoms with Crippen molar-refractivity contribution in [3.05, 3.63) is 36.3 Å². The summed E-state index contributed by atoms with van der Waals surface area (Å²) in [4.78, 5) is 4.49. The van der Waals surface area contributed by atoms with Gasteiger partial charge in [0.25, 0.3) is 0 Å². The Hall–Kier alpha value is -1.77. The molecule has 3 nitrogen and oxygen atoms in total. The van der Waals surface area contributed by atoms with Crippen molar-refractivity contribution < 1.29 is 0 Å². The number of nitrogens with one attached hydrogen (secondary N) is 1. The first-order valence-electron chi connectivity index (χ1n) is 8.28. The van der Waals surface area contributed by atoms with Crippen LogP contribution in [-0.4, -0.2) is 16.1 Å². The smallest absolute Gasteiger partial charge is 0.0953 e. The molecule has 2 aliphatic carbocycles. The minimum atomic E-state index is 0.679. The zero-order valence-electron chi connectivity index (χ0n) is 12.3. The monoisotopic (exact) mass is 279 g/mol. The molecule has 1 N–H and O–H groups in total. The van der Waals surface area contributed by atoms with Gasteiger partial charge in [-0.3, -0.25) is 0 Å². The van der Waals surface area contributed by atoms with Gasteiger partial charge in [0.05, 0.1) is 18.2 Å². The van der Waals surface area contributed by atoms with Crippen molar-refractivity contribution in [2.45, 2.75) is 38.1 Å². The summed E-state index contributed by atoms with van der Waals surface area (Å²) in [6.45, 7) is 1.06. The van der Waals surface area contributed by atoms with Crippen molar-refractivity contribution in [3.8, 4) is 11.3 Å². The van der Waals surface area contributed by atoms with E-state index in [0.29, 0.717) is 6.04 Å². The molecule has 2 saturated carbocycles. The molecule has 3 aliphatic rings. The SMILES string of the molecule is c1cc2c(c(-c3cncn3C3CC4CCC3C4)c1)NCC2. The van der Waals surface area contributed by atoms with E-state index in [2.05, 4.69) is 45.6 Å². The molecule has 2 fully saturated rings. The molecule has 0 amide bonds. The van der Waals surface area contributed by atoms with Crippen LogP contribution in [0.15, 0.2) is 30.7 Å². The second-order valence-corrected chi connectivity index (χ2v) is 6.94. The van der Waals surface area contributed by atoms with E-state index in [1.807, 2.05) is 0 Å². The second kappa shape index (κ2) is 4.36. The van der Waals surface area contributed by atoms with Crippen molar-refractivity contribution in [1.29, 1.82) is 0 Å². The summed E-state index contributed by atoms with van der Waals surface area (Å²) in [7, 11) is 0. The van der Waals surface area contributed by atoms with E-state index in [0.717, 1.165) is 24.8 Å². The summed E-state index contributed by atoms with van der Waals surface area (Å²) in [6, 6.07) is 7.37. The Labute approximate surface area is 125 Å². The lowest BCUT2D eigenvalue weighted by molar-refractivity contribution is 0.332. The molecule has 3 unspecified atom stereocenters. The van der Waals surface area contributed by atoms with Crippen LogP contribution in [0.1, 0.15) is 37.3 Å². The molecular formula is C18H21N3. The van der Waals surface area contributed by atoms with Crippen molar-refractivity contribution in [2.24, 2.45) is 11.8 Å². The Kier molecular flexibility index (Phi) is 2.46. The van der Waals surface area contributed by atoms with Gasteiger partial charge in [-0.25, -0.2) is 4.98 Å². The third-order valence-corrected chi connectivity index (χ3v) is 5.85. The van der Waals surface area contributed by atoms with Crippen LogP contribution in [0, 0.1) is 11.8 Å². The number of hydrogen-bond donors (Lipinski definition) is 1. The molecule has 1 aromatic carbocycles. The highest BCUT2D eigenvalue weighted by Gasteiger charge is 2.41. The van der Waals surface area contributed by atoms with Gasteiger partial charge in [0.2, 0.25) is 0 Å². The van der Waals surface area contributed by atoms with Crippen LogP contribution in [0.5, 0.6) is 0 Å². The van der Waals surface area contributed by atoms with Gasteiger partial charge >= 0.3 is 0 Å². The van der Waals surface area contributed by atoms with E-state index in [1.165, 1.54) is 48.2 Å². The van der Waals surface area contributed by atoms with Crippen molar-refractivity contribution >= 4 is 5.69 Å². The van der Waals surface area contributed by atoms with Gasteiger partial charge in [-0.05, 0) is 43.1 Å². The van der Waals surface area contributed by atoms with Gasteiger partial charge in [0.1, 0.15) is 0 Å². The van der Waals surface area contributed by atoms with Crippen LogP contribution >= 0.6 is 0 Å². The summed E-state index contributed by atoms with van der Waals surface area (Å²) in [5, 5.41) is 3.57.